The van der Waals surface area contributed by atoms with Gasteiger partial charge in [0, 0.05) is 23.9 Å². The van der Waals surface area contributed by atoms with E-state index in [1.807, 2.05) is 42.5 Å². The minimum absolute atomic E-state index is 0.000238. The van der Waals surface area contributed by atoms with Gasteiger partial charge >= 0.3 is 0 Å². The maximum atomic E-state index is 9.14. The number of benzene rings is 1. The first-order valence-corrected chi connectivity index (χ1v) is 5.61. The van der Waals surface area contributed by atoms with Crippen LogP contribution >= 0.6 is 0 Å². The van der Waals surface area contributed by atoms with Gasteiger partial charge in [0.25, 0.3) is 0 Å². The first kappa shape index (κ1) is 11.6. The maximum Gasteiger partial charge on any atom is 0.124 e. The monoisotopic (exact) mass is 229 g/mol. The molecule has 0 aliphatic rings. The number of nitrogens with zero attached hydrogens (tertiary/aromatic N) is 1. The zero-order chi connectivity index (χ0) is 11.9. The van der Waals surface area contributed by atoms with Gasteiger partial charge in [0.15, 0.2) is 0 Å². The lowest BCUT2D eigenvalue weighted by molar-refractivity contribution is 0.263. The number of aliphatic hydroxyl groups excluding tert-OH is 1. The molecule has 0 radical (unpaired) electrons. The first-order valence-electron chi connectivity index (χ1n) is 5.61. The Balaban J connectivity index is 1.90. The number of hydrogen-bond donors (Lipinski definition) is 1. The molecule has 88 valence electrons. The molecule has 0 saturated heterocycles. The number of aliphatic hydroxyl groups is 1. The van der Waals surface area contributed by atoms with Gasteiger partial charge in [0.1, 0.15) is 5.75 Å². The van der Waals surface area contributed by atoms with Gasteiger partial charge in [-0.3, -0.25) is 4.98 Å². The van der Waals surface area contributed by atoms with E-state index in [1.165, 1.54) is 0 Å². The molecule has 0 aliphatic heterocycles. The summed E-state index contributed by atoms with van der Waals surface area (Å²) in [6.07, 6.45) is 2.54. The largest absolute Gasteiger partial charge is 0.493 e. The van der Waals surface area contributed by atoms with E-state index in [2.05, 4.69) is 4.98 Å². The van der Waals surface area contributed by atoms with Crippen molar-refractivity contribution in [1.82, 2.24) is 4.98 Å². The number of ether oxygens (including phenoxy) is 1. The number of hydrogen-bond acceptors (Lipinski definition) is 3. The van der Waals surface area contributed by atoms with Gasteiger partial charge in [-0.15, -0.1) is 0 Å². The Kier molecular flexibility index (Phi) is 4.11. The summed E-state index contributed by atoms with van der Waals surface area (Å²) in [7, 11) is 0. The van der Waals surface area contributed by atoms with Crippen LogP contribution in [0.5, 0.6) is 5.75 Å². The minimum atomic E-state index is -0.000238. The van der Waals surface area contributed by atoms with Crippen LogP contribution in [0, 0.1) is 0 Å². The van der Waals surface area contributed by atoms with Crippen molar-refractivity contribution in [2.24, 2.45) is 0 Å². The van der Waals surface area contributed by atoms with Crippen LogP contribution in [-0.2, 0) is 13.0 Å². The van der Waals surface area contributed by atoms with Crippen molar-refractivity contribution >= 4 is 0 Å². The van der Waals surface area contributed by atoms with Crippen molar-refractivity contribution in [1.29, 1.82) is 0 Å². The molecule has 0 amide bonds. The molecule has 0 saturated carbocycles. The zero-order valence-corrected chi connectivity index (χ0v) is 9.54. The Morgan fingerprint density at radius 1 is 1.06 bits per heavy atom. The predicted octanol–water partition coefficient (Wildman–Crippen LogP) is 2.20. The molecule has 17 heavy (non-hydrogen) atoms. The molecule has 2 aromatic rings. The van der Waals surface area contributed by atoms with E-state index in [9.17, 15) is 0 Å². The van der Waals surface area contributed by atoms with Gasteiger partial charge in [-0.25, -0.2) is 0 Å². The van der Waals surface area contributed by atoms with E-state index in [1.54, 1.807) is 6.20 Å². The van der Waals surface area contributed by atoms with Crippen molar-refractivity contribution in [3.05, 3.63) is 59.9 Å². The smallest absolute Gasteiger partial charge is 0.124 e. The number of pyridine rings is 1. The average molecular weight is 229 g/mol. The second-order valence-electron chi connectivity index (χ2n) is 3.69. The van der Waals surface area contributed by atoms with Crippen LogP contribution in [0.15, 0.2) is 48.7 Å². The minimum Gasteiger partial charge on any atom is -0.493 e. The quantitative estimate of drug-likeness (QED) is 0.854. The van der Waals surface area contributed by atoms with E-state index in [4.69, 9.17) is 9.84 Å². The Morgan fingerprint density at radius 2 is 1.88 bits per heavy atom. The topological polar surface area (TPSA) is 42.4 Å². The molecule has 0 aliphatic carbocycles. The Labute approximate surface area is 101 Å². The summed E-state index contributed by atoms with van der Waals surface area (Å²) in [4.78, 5) is 4.22. The summed E-state index contributed by atoms with van der Waals surface area (Å²) in [6.45, 7) is 0.563. The van der Waals surface area contributed by atoms with Crippen molar-refractivity contribution in [3.8, 4) is 5.75 Å². The summed E-state index contributed by atoms with van der Waals surface area (Å²) in [5.74, 6) is 0.742. The third-order valence-corrected chi connectivity index (χ3v) is 2.48. The van der Waals surface area contributed by atoms with Crippen molar-refractivity contribution < 1.29 is 9.84 Å². The normalized spacial score (nSPS) is 10.2. The highest BCUT2D eigenvalue weighted by Gasteiger charge is 2.01. The highest BCUT2D eigenvalue weighted by Crippen LogP contribution is 2.17. The average Bonchev–Trinajstić information content (AvgIpc) is 2.40. The lowest BCUT2D eigenvalue weighted by Crippen LogP contribution is -2.04. The molecule has 0 fully saturated rings. The molecule has 1 N–H and O–H groups in total. The van der Waals surface area contributed by atoms with Crippen molar-refractivity contribution in [3.63, 3.8) is 0 Å². The maximum absolute atomic E-state index is 9.14. The summed E-state index contributed by atoms with van der Waals surface area (Å²) in [5, 5.41) is 9.14. The van der Waals surface area contributed by atoms with E-state index >= 15 is 0 Å². The molecule has 0 spiro atoms. The molecule has 3 nitrogen and oxygen atoms in total. The van der Waals surface area contributed by atoms with E-state index in [0.29, 0.717) is 6.61 Å². The van der Waals surface area contributed by atoms with Crippen LogP contribution in [0.25, 0.3) is 0 Å². The zero-order valence-electron chi connectivity index (χ0n) is 9.54. The van der Waals surface area contributed by atoms with E-state index in [-0.39, 0.29) is 6.61 Å². The standard InChI is InChI=1S/C14H15NO2/c16-11-12-5-1-2-7-14(12)17-10-8-13-6-3-4-9-15-13/h1-7,9,16H,8,10-11H2. The van der Waals surface area contributed by atoms with Gasteiger partial charge < -0.3 is 9.84 Å². The highest BCUT2D eigenvalue weighted by atomic mass is 16.5. The number of rotatable bonds is 5. The molecule has 1 heterocycles. The summed E-state index contributed by atoms with van der Waals surface area (Å²) in [6, 6.07) is 13.3. The predicted molar refractivity (Wildman–Crippen MR) is 65.8 cm³/mol. The summed E-state index contributed by atoms with van der Waals surface area (Å²) in [5.41, 5.74) is 1.82. The second kappa shape index (κ2) is 6.01. The molecule has 0 bridgehead atoms. The van der Waals surface area contributed by atoms with Crippen LogP contribution in [0.1, 0.15) is 11.3 Å². The molecular formula is C14H15NO2. The Morgan fingerprint density at radius 3 is 2.65 bits per heavy atom. The molecular weight excluding hydrogens is 214 g/mol. The van der Waals surface area contributed by atoms with Crippen LogP contribution < -0.4 is 4.74 Å². The fraction of sp³-hybridized carbons (Fsp3) is 0.214. The van der Waals surface area contributed by atoms with Gasteiger partial charge in [0.05, 0.1) is 13.2 Å². The van der Waals surface area contributed by atoms with Crippen LogP contribution in [0.3, 0.4) is 0 Å². The molecule has 1 aromatic carbocycles. The van der Waals surface area contributed by atoms with E-state index < -0.39 is 0 Å². The fourth-order valence-corrected chi connectivity index (χ4v) is 1.59. The molecule has 0 unspecified atom stereocenters. The van der Waals surface area contributed by atoms with Gasteiger partial charge in [-0.05, 0) is 18.2 Å². The highest BCUT2D eigenvalue weighted by molar-refractivity contribution is 5.32. The lowest BCUT2D eigenvalue weighted by atomic mass is 10.2. The summed E-state index contributed by atoms with van der Waals surface area (Å²) >= 11 is 0. The Bertz CT molecular complexity index is 457. The third-order valence-electron chi connectivity index (χ3n) is 2.48. The van der Waals surface area contributed by atoms with Crippen molar-refractivity contribution in [2.45, 2.75) is 13.0 Å². The second-order valence-corrected chi connectivity index (χ2v) is 3.69. The van der Waals surface area contributed by atoms with Gasteiger partial charge in [-0.2, -0.15) is 0 Å². The number of para-hydroxylation sites is 1. The van der Waals surface area contributed by atoms with Crippen LogP contribution in [0.4, 0.5) is 0 Å². The first-order chi connectivity index (χ1) is 8.40. The molecule has 0 atom stereocenters. The van der Waals surface area contributed by atoms with Gasteiger partial charge in [0.2, 0.25) is 0 Å². The van der Waals surface area contributed by atoms with Crippen molar-refractivity contribution in [2.75, 3.05) is 6.61 Å². The van der Waals surface area contributed by atoms with Crippen LogP contribution in [-0.4, -0.2) is 16.7 Å². The Hall–Kier alpha value is -1.87. The number of aromatic nitrogens is 1. The summed E-state index contributed by atoms with van der Waals surface area (Å²) < 4.78 is 5.63. The fourth-order valence-electron chi connectivity index (χ4n) is 1.59. The van der Waals surface area contributed by atoms with E-state index in [0.717, 1.165) is 23.4 Å². The third kappa shape index (κ3) is 3.29. The molecule has 3 heteroatoms. The lowest BCUT2D eigenvalue weighted by Gasteiger charge is -2.09. The molecule has 2 rings (SSSR count). The molecule has 1 aromatic heterocycles. The van der Waals surface area contributed by atoms with Gasteiger partial charge in [-0.1, -0.05) is 24.3 Å². The van der Waals surface area contributed by atoms with Crippen LogP contribution in [0.2, 0.25) is 0 Å². The SMILES string of the molecule is OCc1ccccc1OCCc1ccccn1.